The number of hydrogen-bond donors (Lipinski definition) is 0. The molecule has 4 aromatic rings. The van der Waals surface area contributed by atoms with Crippen molar-refractivity contribution in [2.45, 2.75) is 78.6 Å². The monoisotopic (exact) mass is 710 g/mol. The van der Waals surface area contributed by atoms with Gasteiger partial charge < -0.3 is 24.8 Å². The molecule has 232 valence electrons. The molecule has 45 heavy (non-hydrogen) atoms. The van der Waals surface area contributed by atoms with Gasteiger partial charge in [0.1, 0.15) is 0 Å². The third kappa shape index (κ3) is 6.93. The van der Waals surface area contributed by atoms with Gasteiger partial charge >= 0.3 is 273 Å². The first kappa shape index (κ1) is 35.7. The van der Waals surface area contributed by atoms with Crippen LogP contribution in [0.5, 0.6) is 0 Å². The molecule has 2 aliphatic rings. The van der Waals surface area contributed by atoms with E-state index in [0.717, 1.165) is 19.3 Å². The van der Waals surface area contributed by atoms with Crippen LogP contribution in [0.15, 0.2) is 106 Å². The molecule has 0 heterocycles. The molecule has 0 nitrogen and oxygen atoms in total. The van der Waals surface area contributed by atoms with Crippen LogP contribution in [0.4, 0.5) is 0 Å². The van der Waals surface area contributed by atoms with Crippen molar-refractivity contribution in [3.05, 3.63) is 145 Å². The van der Waals surface area contributed by atoms with Gasteiger partial charge in [0, 0.05) is 0 Å². The third-order valence-electron chi connectivity index (χ3n) is 10.8. The predicted molar refractivity (Wildman–Crippen MR) is 181 cm³/mol. The van der Waals surface area contributed by atoms with E-state index in [4.69, 9.17) is 0 Å². The maximum atomic E-state index is 2.54. The standard InChI is InChI=1S/C37H41.C5H5.2ClH.Zr/c1-25(27(3)36(4,5)31-14-10-8-11-15-31)20-28-18-19-33-30(22-28)23-29-21-26(2)35(24-34(29)33)37(6,7)32-16-12-9-13-17-32;1-2-4-5-3-1;;;/h8-19,21,24-25,27H,20,23H2,1-7H3;1-3H,4H2;2*1H;/q;;;;+2/p-2. The van der Waals surface area contributed by atoms with E-state index in [1.165, 1.54) is 38.9 Å². The van der Waals surface area contributed by atoms with Crippen LogP contribution in [0, 0.1) is 18.8 Å². The van der Waals surface area contributed by atoms with Crippen LogP contribution >= 0.6 is 0 Å². The summed E-state index contributed by atoms with van der Waals surface area (Å²) in [5.41, 5.74) is 13.5. The SMILES string of the molecule is Cc1cc2c(cc1C(C)(C)c1ccccc1)-c1ccc(CC(C)C(C)C(C)(C)c3ccccc3)[c]([Zr+2][C]3=CC=CC3)c1C2.[Cl-].[Cl-]. The molecule has 4 aromatic carbocycles. The van der Waals surface area contributed by atoms with E-state index in [9.17, 15) is 0 Å². The fourth-order valence-corrected chi connectivity index (χ4v) is 11.1. The molecule has 0 saturated carbocycles. The number of benzene rings is 4. The van der Waals surface area contributed by atoms with Gasteiger partial charge in [-0.05, 0) is 0 Å². The molecule has 0 aliphatic heterocycles. The Morgan fingerprint density at radius 3 is 2.04 bits per heavy atom. The maximum Gasteiger partial charge on any atom is -1.00 e. The minimum Gasteiger partial charge on any atom is -1.00 e. The second-order valence-electron chi connectivity index (χ2n) is 14.1. The molecule has 0 spiro atoms. The Morgan fingerprint density at radius 1 is 0.778 bits per heavy atom. The molecular formula is C42H46Cl2Zr. The minimum absolute atomic E-state index is 0. The molecule has 6 rings (SSSR count). The smallest absolute Gasteiger partial charge is 1.00 e. The first-order valence-corrected chi connectivity index (χ1v) is 18.6. The zero-order valence-corrected chi connectivity index (χ0v) is 31.8. The van der Waals surface area contributed by atoms with Crippen molar-refractivity contribution < 1.29 is 48.0 Å². The molecule has 2 aliphatic carbocycles. The van der Waals surface area contributed by atoms with Crippen LogP contribution in [-0.4, -0.2) is 0 Å². The number of hydrogen-bond acceptors (Lipinski definition) is 0. The van der Waals surface area contributed by atoms with Gasteiger partial charge in [0.25, 0.3) is 0 Å². The Bertz CT molecular complexity index is 1700. The van der Waals surface area contributed by atoms with E-state index >= 15 is 0 Å². The van der Waals surface area contributed by atoms with Crippen molar-refractivity contribution in [2.24, 2.45) is 11.8 Å². The molecule has 3 heteroatoms. The van der Waals surface area contributed by atoms with Crippen LogP contribution in [0.2, 0.25) is 0 Å². The van der Waals surface area contributed by atoms with Gasteiger partial charge in [-0.25, -0.2) is 0 Å². The Labute approximate surface area is 296 Å². The molecular weight excluding hydrogens is 667 g/mol. The third-order valence-corrected chi connectivity index (χ3v) is 14.6. The average molecular weight is 713 g/mol. The van der Waals surface area contributed by atoms with E-state index in [-0.39, 0.29) is 35.6 Å². The molecule has 0 saturated heterocycles. The topological polar surface area (TPSA) is 0 Å². The van der Waals surface area contributed by atoms with Crippen molar-refractivity contribution in [3.63, 3.8) is 0 Å². The van der Waals surface area contributed by atoms with E-state index in [1.807, 2.05) is 0 Å². The molecule has 2 unspecified atom stereocenters. The molecule has 0 bridgehead atoms. The summed E-state index contributed by atoms with van der Waals surface area (Å²) in [4.78, 5) is 0. The largest absolute Gasteiger partial charge is 1.00 e. The summed E-state index contributed by atoms with van der Waals surface area (Å²) in [5.74, 6) is 1.16. The minimum atomic E-state index is -0.901. The number of aryl methyl sites for hydroxylation is 1. The first-order chi connectivity index (χ1) is 20.6. The van der Waals surface area contributed by atoms with E-state index in [1.54, 1.807) is 17.7 Å². The summed E-state index contributed by atoms with van der Waals surface area (Å²) in [6.45, 7) is 16.9. The Hall–Kier alpha value is -2.18. The van der Waals surface area contributed by atoms with Crippen molar-refractivity contribution in [1.29, 1.82) is 0 Å². The molecule has 2 atom stereocenters. The van der Waals surface area contributed by atoms with Gasteiger partial charge in [-0.15, -0.1) is 0 Å². The van der Waals surface area contributed by atoms with Gasteiger partial charge in [-0.2, -0.15) is 0 Å². The zero-order chi connectivity index (χ0) is 30.4. The summed E-state index contributed by atoms with van der Waals surface area (Å²) in [7, 11) is 0. The van der Waals surface area contributed by atoms with E-state index < -0.39 is 23.2 Å². The summed E-state index contributed by atoms with van der Waals surface area (Å²) in [5, 5.41) is 0. The second-order valence-corrected chi connectivity index (χ2v) is 17.5. The molecule has 0 radical (unpaired) electrons. The van der Waals surface area contributed by atoms with Gasteiger partial charge in [0.2, 0.25) is 0 Å². The van der Waals surface area contributed by atoms with Gasteiger partial charge in [0.15, 0.2) is 0 Å². The van der Waals surface area contributed by atoms with Crippen molar-refractivity contribution >= 4 is 3.27 Å². The van der Waals surface area contributed by atoms with Crippen LogP contribution < -0.4 is 28.1 Å². The van der Waals surface area contributed by atoms with Crippen molar-refractivity contribution in [3.8, 4) is 11.1 Å². The van der Waals surface area contributed by atoms with Gasteiger partial charge in [0.05, 0.1) is 0 Å². The normalized spacial score (nSPS) is 14.8. The average Bonchev–Trinajstić information content (AvgIpc) is 3.65. The summed E-state index contributed by atoms with van der Waals surface area (Å²) in [6.07, 6.45) is 10.5. The van der Waals surface area contributed by atoms with Gasteiger partial charge in [-0.3, -0.25) is 0 Å². The van der Waals surface area contributed by atoms with Crippen LogP contribution in [-0.2, 0) is 46.9 Å². The Morgan fingerprint density at radius 2 is 1.42 bits per heavy atom. The van der Waals surface area contributed by atoms with Crippen molar-refractivity contribution in [1.82, 2.24) is 0 Å². The van der Waals surface area contributed by atoms with Crippen LogP contribution in [0.25, 0.3) is 11.1 Å². The Balaban J connectivity index is 0.00000230. The summed E-state index contributed by atoms with van der Waals surface area (Å²) >= 11 is -0.901. The number of halogens is 2. The maximum absolute atomic E-state index is 2.54. The molecule has 0 aromatic heterocycles. The molecule has 0 N–H and O–H groups in total. The van der Waals surface area contributed by atoms with Gasteiger partial charge in [-0.1, -0.05) is 0 Å². The van der Waals surface area contributed by atoms with Crippen molar-refractivity contribution in [2.75, 3.05) is 0 Å². The number of fused-ring (bicyclic) bond motifs is 3. The second kappa shape index (κ2) is 14.3. The zero-order valence-electron chi connectivity index (χ0n) is 27.8. The molecule has 0 fully saturated rings. The first-order valence-electron chi connectivity index (χ1n) is 16.1. The summed E-state index contributed by atoms with van der Waals surface area (Å²) in [6, 6.07) is 32.2. The fourth-order valence-electron chi connectivity index (χ4n) is 7.56. The van der Waals surface area contributed by atoms with Crippen LogP contribution in [0.1, 0.15) is 86.9 Å². The quantitative estimate of drug-likeness (QED) is 0.215. The summed E-state index contributed by atoms with van der Waals surface area (Å²) < 4.78 is 3.46. The van der Waals surface area contributed by atoms with E-state index in [2.05, 4.69) is 152 Å². The number of allylic oxidation sites excluding steroid dienone is 4. The fraction of sp³-hybridized carbons (Fsp3) is 0.333. The Kier molecular flexibility index (Phi) is 11.3. The van der Waals surface area contributed by atoms with E-state index in [0.29, 0.717) is 11.8 Å². The number of rotatable bonds is 9. The molecule has 0 amide bonds. The predicted octanol–water partition coefficient (Wildman–Crippen LogP) is 4.24. The van der Waals surface area contributed by atoms with Crippen LogP contribution in [0.3, 0.4) is 0 Å².